The Morgan fingerprint density at radius 3 is 0.471 bits per heavy atom. The zero-order valence-corrected chi connectivity index (χ0v) is 15.7. The third-order valence-electron chi connectivity index (χ3n) is 0. The molecule has 0 aliphatic rings. The fraction of sp³-hybridized carbons (Fsp3) is 0. The maximum absolute atomic E-state index is 8.33. The van der Waals surface area contributed by atoms with Crippen LogP contribution in [0.2, 0.25) is 0 Å². The summed E-state index contributed by atoms with van der Waals surface area (Å²) in [7, 11) is 0. The summed E-state index contributed by atoms with van der Waals surface area (Å²) in [5.41, 5.74) is 0. The van der Waals surface area contributed by atoms with Crippen LogP contribution in [0.15, 0.2) is 0 Å². The molecular formula is C3O12U2-12. The third kappa shape index (κ3) is 70700. The van der Waals surface area contributed by atoms with E-state index in [9.17, 15) is 0 Å². The third-order valence-corrected chi connectivity index (χ3v) is 0. The molecule has 0 atom stereocenters. The second kappa shape index (κ2) is 44.7. The first-order chi connectivity index (χ1) is 5.20. The molecule has 14 heteroatoms. The van der Waals surface area contributed by atoms with E-state index in [4.69, 9.17) is 45.0 Å². The minimum absolute atomic E-state index is 0. The van der Waals surface area contributed by atoms with Crippen molar-refractivity contribution in [1.29, 1.82) is 0 Å². The number of carboxylic acid groups (broad SMARTS) is 6. The van der Waals surface area contributed by atoms with Crippen LogP contribution in [0.5, 0.6) is 0 Å². The molecule has 104 valence electrons. The van der Waals surface area contributed by atoms with Crippen LogP contribution in [0, 0.1) is 62.2 Å². The molecular weight excluding hydrogens is 704 g/mol. The molecule has 0 aliphatic carbocycles. The van der Waals surface area contributed by atoms with Crippen molar-refractivity contribution in [3.05, 3.63) is 0 Å². The van der Waals surface area contributed by atoms with Gasteiger partial charge in [0.15, 0.2) is 0 Å². The number of hydrogen-bond donors (Lipinski definition) is 0. The average Bonchev–Trinajstić information content (AvgIpc) is 1.54. The molecule has 0 N–H and O–H groups in total. The second-order valence-electron chi connectivity index (χ2n) is 0.750. The molecule has 0 aromatic heterocycles. The van der Waals surface area contributed by atoms with E-state index in [1.54, 1.807) is 0 Å². The fourth-order valence-corrected chi connectivity index (χ4v) is 0. The Bertz CT molecular complexity index is 117. The van der Waals surface area contributed by atoms with Crippen LogP contribution in [-0.2, 0) is 16.4 Å². The largest absolute Gasteiger partial charge is 2.00 e. The number of carbonyl (C=O) groups is 3. The first-order valence-corrected chi connectivity index (χ1v) is 1.84. The van der Waals surface area contributed by atoms with Crippen molar-refractivity contribution in [2.75, 3.05) is 0 Å². The van der Waals surface area contributed by atoms with E-state index < -0.39 is 18.5 Å². The molecule has 0 unspecified atom stereocenters. The van der Waals surface area contributed by atoms with E-state index in [-0.39, 0.29) is 78.7 Å². The summed E-state index contributed by atoms with van der Waals surface area (Å²) in [4.78, 5) is 25.0. The summed E-state index contributed by atoms with van der Waals surface area (Å²) in [6, 6.07) is 0. The van der Waals surface area contributed by atoms with Crippen LogP contribution in [-0.4, -0.2) is 18.5 Å². The molecule has 0 aromatic rings. The Kier molecular flexibility index (Phi) is 142. The molecule has 0 fully saturated rings. The quantitative estimate of drug-likeness (QED) is 0.231. The first-order valence-electron chi connectivity index (χ1n) is 1.84. The van der Waals surface area contributed by atoms with Crippen molar-refractivity contribution in [1.82, 2.24) is 0 Å². The molecule has 0 radical (unpaired) electrons. The normalized spacial score (nSPS) is 4.24. The standard InChI is InChI=1S/3CH2O3.3O.2U/c3*2-1(3)4;;;;;/h3*(H2,2,3,4);;;;;/q;;;3*-2;;/p-6. The summed E-state index contributed by atoms with van der Waals surface area (Å²) in [5.74, 6) is 0. The zero-order valence-electron chi connectivity index (χ0n) is 7.40. The Morgan fingerprint density at radius 1 is 0.471 bits per heavy atom. The number of rotatable bonds is 0. The molecule has 0 aliphatic heterocycles. The van der Waals surface area contributed by atoms with Gasteiger partial charge in [0.25, 0.3) is 0 Å². The van der Waals surface area contributed by atoms with Gasteiger partial charge in [0.05, 0.1) is 0 Å². The molecule has 0 saturated carbocycles. The summed E-state index contributed by atoms with van der Waals surface area (Å²) in [6.07, 6.45) is -7.00. The predicted octanol–water partition coefficient (Wildman–Crippen LogP) is -7.70. The second-order valence-corrected chi connectivity index (χ2v) is 0.750. The molecule has 17 heavy (non-hydrogen) atoms. The van der Waals surface area contributed by atoms with Crippen LogP contribution in [0.4, 0.5) is 14.4 Å². The zero-order chi connectivity index (χ0) is 10.7. The molecule has 0 saturated heterocycles. The van der Waals surface area contributed by atoms with Gasteiger partial charge in [0.2, 0.25) is 0 Å². The van der Waals surface area contributed by atoms with Gasteiger partial charge < -0.3 is 61.5 Å². The minimum Gasteiger partial charge on any atom is -2.00 e. The number of hydrogen-bond acceptors (Lipinski definition) is 9. The topological polar surface area (TPSA) is 275 Å². The van der Waals surface area contributed by atoms with Gasteiger partial charge in [-0.2, -0.15) is 0 Å². The fourth-order valence-electron chi connectivity index (χ4n) is 0. The van der Waals surface area contributed by atoms with Gasteiger partial charge in [0.1, 0.15) is 0 Å². The first kappa shape index (κ1) is 54.2. The van der Waals surface area contributed by atoms with Gasteiger partial charge in [-0.3, -0.25) is 0 Å². The van der Waals surface area contributed by atoms with Crippen molar-refractivity contribution >= 4 is 18.5 Å². The van der Waals surface area contributed by atoms with Gasteiger partial charge >= 0.3 is 0 Å². The molecule has 0 bridgehead atoms. The summed E-state index contributed by atoms with van der Waals surface area (Å²) in [5, 5.41) is 50.0. The van der Waals surface area contributed by atoms with Crippen molar-refractivity contribution in [2.45, 2.75) is 0 Å². The van der Waals surface area contributed by atoms with Crippen LogP contribution in [0.1, 0.15) is 0 Å². The van der Waals surface area contributed by atoms with E-state index >= 15 is 0 Å². The number of carbonyl (C=O) groups excluding carboxylic acids is 3. The smallest absolute Gasteiger partial charge is 0 e. The Balaban J connectivity index is -0.0000000104. The van der Waals surface area contributed by atoms with E-state index in [0.29, 0.717) is 0 Å². The summed E-state index contributed by atoms with van der Waals surface area (Å²) < 4.78 is 0. The SMILES string of the molecule is O=C([O-])[O-].O=C([O-])[O-].O=C([O-])[O-].[O-2].[O-2].[O-2].[U].[U]. The Morgan fingerprint density at radius 2 is 0.471 bits per heavy atom. The Hall–Kier alpha value is -0.206. The van der Waals surface area contributed by atoms with Gasteiger partial charge in [0, 0.05) is 62.2 Å². The maximum atomic E-state index is 8.33. The Labute approximate surface area is 141 Å². The van der Waals surface area contributed by atoms with E-state index in [1.807, 2.05) is 0 Å². The van der Waals surface area contributed by atoms with Crippen LogP contribution in [0.25, 0.3) is 0 Å². The van der Waals surface area contributed by atoms with E-state index in [1.165, 1.54) is 0 Å². The summed E-state index contributed by atoms with van der Waals surface area (Å²) >= 11 is 0. The minimum atomic E-state index is -2.33. The van der Waals surface area contributed by atoms with E-state index in [2.05, 4.69) is 0 Å². The molecule has 0 spiro atoms. The molecule has 0 amide bonds. The van der Waals surface area contributed by atoms with Crippen LogP contribution in [0.3, 0.4) is 0 Å². The van der Waals surface area contributed by atoms with Crippen molar-refractivity contribution in [3.63, 3.8) is 0 Å². The van der Waals surface area contributed by atoms with Crippen molar-refractivity contribution in [3.8, 4) is 0 Å². The van der Waals surface area contributed by atoms with E-state index in [0.717, 1.165) is 0 Å². The molecule has 0 heterocycles. The van der Waals surface area contributed by atoms with Crippen LogP contribution >= 0.6 is 0 Å². The molecule has 0 aromatic carbocycles. The van der Waals surface area contributed by atoms with Gasteiger partial charge in [-0.1, -0.05) is 0 Å². The molecule has 12 nitrogen and oxygen atoms in total. The predicted molar refractivity (Wildman–Crippen MR) is 18.2 cm³/mol. The average molecular weight is 704 g/mol. The van der Waals surface area contributed by atoms with Crippen LogP contribution < -0.4 is 30.6 Å². The van der Waals surface area contributed by atoms with Gasteiger partial charge in [-0.15, -0.1) is 0 Å². The monoisotopic (exact) mass is 704 g/mol. The van der Waals surface area contributed by atoms with Crippen molar-refractivity contribution in [2.24, 2.45) is 0 Å². The maximum Gasteiger partial charge on any atom is 0 e. The summed E-state index contributed by atoms with van der Waals surface area (Å²) in [6.45, 7) is 0. The molecule has 0 rings (SSSR count). The van der Waals surface area contributed by atoms with Gasteiger partial charge in [-0.05, 0) is 18.5 Å². The van der Waals surface area contributed by atoms with Crippen molar-refractivity contribution < 1.29 is 124 Å². The van der Waals surface area contributed by atoms with Gasteiger partial charge in [-0.25, -0.2) is 0 Å².